The number of rotatable bonds is 6. The van der Waals surface area contributed by atoms with E-state index in [0.29, 0.717) is 28.4 Å². The lowest BCUT2D eigenvalue weighted by atomic mass is 10.1. The van der Waals surface area contributed by atoms with Crippen LogP contribution in [0.2, 0.25) is 5.02 Å². The number of halogens is 1. The van der Waals surface area contributed by atoms with Gasteiger partial charge in [-0.2, -0.15) is 0 Å². The number of amides is 2. The molecule has 0 radical (unpaired) electrons. The molecular formula is C20H19ClN2O4. The van der Waals surface area contributed by atoms with Crippen LogP contribution in [0.15, 0.2) is 42.5 Å². The van der Waals surface area contributed by atoms with Crippen LogP contribution in [0, 0.1) is 0 Å². The van der Waals surface area contributed by atoms with Crippen molar-refractivity contribution in [1.29, 1.82) is 0 Å². The van der Waals surface area contributed by atoms with Crippen LogP contribution < -0.4 is 15.0 Å². The van der Waals surface area contributed by atoms with E-state index in [2.05, 4.69) is 5.32 Å². The maximum absolute atomic E-state index is 12.1. The lowest BCUT2D eigenvalue weighted by Crippen LogP contribution is -2.24. The quantitative estimate of drug-likeness (QED) is 0.768. The van der Waals surface area contributed by atoms with Gasteiger partial charge in [0, 0.05) is 29.4 Å². The van der Waals surface area contributed by atoms with Crippen molar-refractivity contribution in [3.63, 3.8) is 0 Å². The number of carbonyl (C=O) groups is 3. The molecule has 0 aromatic heterocycles. The van der Waals surface area contributed by atoms with E-state index in [9.17, 15) is 14.4 Å². The van der Waals surface area contributed by atoms with E-state index in [-0.39, 0.29) is 24.2 Å². The normalized spacial score (nSPS) is 13.6. The van der Waals surface area contributed by atoms with E-state index in [1.165, 1.54) is 13.0 Å². The highest BCUT2D eigenvalue weighted by Crippen LogP contribution is 2.24. The van der Waals surface area contributed by atoms with Gasteiger partial charge in [0.25, 0.3) is 5.91 Å². The molecule has 7 heteroatoms. The highest BCUT2D eigenvalue weighted by molar-refractivity contribution is 6.31. The summed E-state index contributed by atoms with van der Waals surface area (Å²) in [5.74, 6) is -0.126. The number of benzene rings is 2. The lowest BCUT2D eigenvalue weighted by molar-refractivity contribution is -0.118. The second-order valence-corrected chi connectivity index (χ2v) is 6.67. The van der Waals surface area contributed by atoms with Gasteiger partial charge in [-0.15, -0.1) is 0 Å². The second-order valence-electron chi connectivity index (χ2n) is 6.23. The lowest BCUT2D eigenvalue weighted by Gasteiger charge is -2.16. The molecule has 0 aliphatic carbocycles. The number of hydrogen-bond acceptors (Lipinski definition) is 4. The zero-order valence-electron chi connectivity index (χ0n) is 14.8. The number of ether oxygens (including phenoxy) is 1. The summed E-state index contributed by atoms with van der Waals surface area (Å²) in [5, 5.41) is 3.15. The molecule has 0 spiro atoms. The molecule has 0 atom stereocenters. The Hall–Kier alpha value is -2.86. The van der Waals surface area contributed by atoms with Gasteiger partial charge in [0.05, 0.1) is 5.56 Å². The molecule has 2 amide bonds. The number of carbonyl (C=O) groups excluding carboxylic acids is 3. The zero-order valence-corrected chi connectivity index (χ0v) is 15.6. The molecule has 0 bridgehead atoms. The van der Waals surface area contributed by atoms with Gasteiger partial charge < -0.3 is 15.0 Å². The zero-order chi connectivity index (χ0) is 19.4. The summed E-state index contributed by atoms with van der Waals surface area (Å²) in [4.78, 5) is 37.3. The average molecular weight is 387 g/mol. The van der Waals surface area contributed by atoms with Crippen LogP contribution in [-0.4, -0.2) is 30.7 Å². The standard InChI is InChI=1S/C20H19ClN2O4/c1-13(24)17-11-14(21)4-9-18(17)27-12-19(25)22-15-5-7-16(8-6-15)23-10-2-3-20(23)26/h4-9,11H,2-3,10,12H2,1H3,(H,22,25). The fourth-order valence-corrected chi connectivity index (χ4v) is 3.06. The minimum absolute atomic E-state index is 0.115. The Kier molecular flexibility index (Phi) is 5.76. The summed E-state index contributed by atoms with van der Waals surface area (Å²) in [6, 6.07) is 11.7. The SMILES string of the molecule is CC(=O)c1cc(Cl)ccc1OCC(=O)Nc1ccc(N2CCCC2=O)cc1. The number of ketones is 1. The third kappa shape index (κ3) is 4.65. The van der Waals surface area contributed by atoms with Gasteiger partial charge in [-0.05, 0) is 55.8 Å². The van der Waals surface area contributed by atoms with E-state index in [1.54, 1.807) is 41.3 Å². The molecule has 140 valence electrons. The van der Waals surface area contributed by atoms with Gasteiger partial charge in [-0.25, -0.2) is 0 Å². The van der Waals surface area contributed by atoms with Gasteiger partial charge in [0.15, 0.2) is 12.4 Å². The monoisotopic (exact) mass is 386 g/mol. The maximum atomic E-state index is 12.1. The first-order chi connectivity index (χ1) is 12.9. The topological polar surface area (TPSA) is 75.7 Å². The number of hydrogen-bond donors (Lipinski definition) is 1. The van der Waals surface area contributed by atoms with Crippen LogP contribution >= 0.6 is 11.6 Å². The minimum Gasteiger partial charge on any atom is -0.483 e. The fraction of sp³-hybridized carbons (Fsp3) is 0.250. The Morgan fingerprint density at radius 3 is 2.56 bits per heavy atom. The number of nitrogens with zero attached hydrogens (tertiary/aromatic N) is 1. The van der Waals surface area contributed by atoms with Crippen molar-refractivity contribution >= 4 is 40.6 Å². The van der Waals surface area contributed by atoms with Gasteiger partial charge in [-0.1, -0.05) is 11.6 Å². The molecule has 1 fully saturated rings. The minimum atomic E-state index is -0.357. The van der Waals surface area contributed by atoms with Crippen molar-refractivity contribution in [1.82, 2.24) is 0 Å². The Morgan fingerprint density at radius 1 is 1.19 bits per heavy atom. The average Bonchev–Trinajstić information content (AvgIpc) is 3.07. The maximum Gasteiger partial charge on any atom is 0.262 e. The van der Waals surface area contributed by atoms with Crippen LogP contribution in [0.25, 0.3) is 0 Å². The van der Waals surface area contributed by atoms with Crippen LogP contribution in [0.1, 0.15) is 30.1 Å². The van der Waals surface area contributed by atoms with Crippen molar-refractivity contribution in [3.8, 4) is 5.75 Å². The van der Waals surface area contributed by atoms with Crippen molar-refractivity contribution in [3.05, 3.63) is 53.1 Å². The summed E-state index contributed by atoms with van der Waals surface area (Å²) in [6.07, 6.45) is 1.43. The Labute approximate surface area is 162 Å². The highest BCUT2D eigenvalue weighted by atomic mass is 35.5. The number of anilines is 2. The van der Waals surface area contributed by atoms with Crippen molar-refractivity contribution < 1.29 is 19.1 Å². The van der Waals surface area contributed by atoms with E-state index in [4.69, 9.17) is 16.3 Å². The first-order valence-electron chi connectivity index (χ1n) is 8.57. The first-order valence-corrected chi connectivity index (χ1v) is 8.95. The summed E-state index contributed by atoms with van der Waals surface area (Å²) >= 11 is 5.89. The van der Waals surface area contributed by atoms with Crippen LogP contribution in [-0.2, 0) is 9.59 Å². The molecule has 2 aromatic carbocycles. The fourth-order valence-electron chi connectivity index (χ4n) is 2.89. The van der Waals surface area contributed by atoms with Crippen molar-refractivity contribution in [2.45, 2.75) is 19.8 Å². The Balaban J connectivity index is 1.58. The molecule has 27 heavy (non-hydrogen) atoms. The molecule has 0 unspecified atom stereocenters. The first kappa shape index (κ1) is 18.9. The molecule has 1 aliphatic heterocycles. The molecular weight excluding hydrogens is 368 g/mol. The van der Waals surface area contributed by atoms with E-state index in [1.807, 2.05) is 0 Å². The molecule has 6 nitrogen and oxygen atoms in total. The molecule has 1 heterocycles. The summed E-state index contributed by atoms with van der Waals surface area (Å²) in [6.45, 7) is 1.89. The summed E-state index contributed by atoms with van der Waals surface area (Å²) in [7, 11) is 0. The predicted molar refractivity (Wildman–Crippen MR) is 104 cm³/mol. The largest absolute Gasteiger partial charge is 0.483 e. The third-order valence-corrected chi connectivity index (χ3v) is 4.45. The van der Waals surface area contributed by atoms with Gasteiger partial charge in [0.2, 0.25) is 5.91 Å². The molecule has 2 aromatic rings. The van der Waals surface area contributed by atoms with Crippen molar-refractivity contribution in [2.24, 2.45) is 0 Å². The smallest absolute Gasteiger partial charge is 0.262 e. The van der Waals surface area contributed by atoms with Gasteiger partial charge in [0.1, 0.15) is 5.75 Å². The number of Topliss-reactive ketones (excluding diaryl/α,β-unsaturated/α-hetero) is 1. The molecule has 3 rings (SSSR count). The van der Waals surface area contributed by atoms with E-state index >= 15 is 0 Å². The molecule has 1 saturated heterocycles. The molecule has 0 saturated carbocycles. The van der Waals surface area contributed by atoms with E-state index < -0.39 is 0 Å². The summed E-state index contributed by atoms with van der Waals surface area (Å²) in [5.41, 5.74) is 1.75. The summed E-state index contributed by atoms with van der Waals surface area (Å²) < 4.78 is 5.46. The predicted octanol–water partition coefficient (Wildman–Crippen LogP) is 3.69. The molecule has 1 aliphatic rings. The second kappa shape index (κ2) is 8.22. The van der Waals surface area contributed by atoms with Gasteiger partial charge >= 0.3 is 0 Å². The Morgan fingerprint density at radius 2 is 1.93 bits per heavy atom. The van der Waals surface area contributed by atoms with E-state index in [0.717, 1.165) is 18.7 Å². The highest BCUT2D eigenvalue weighted by Gasteiger charge is 2.21. The molecule has 1 N–H and O–H groups in total. The van der Waals surface area contributed by atoms with Gasteiger partial charge in [-0.3, -0.25) is 14.4 Å². The van der Waals surface area contributed by atoms with Crippen LogP contribution in [0.5, 0.6) is 5.75 Å². The van der Waals surface area contributed by atoms with Crippen LogP contribution in [0.3, 0.4) is 0 Å². The third-order valence-electron chi connectivity index (χ3n) is 4.22. The van der Waals surface area contributed by atoms with Crippen LogP contribution in [0.4, 0.5) is 11.4 Å². The Bertz CT molecular complexity index is 880. The van der Waals surface area contributed by atoms with Crippen molar-refractivity contribution in [2.75, 3.05) is 23.4 Å². The number of nitrogens with one attached hydrogen (secondary N) is 1.